The highest BCUT2D eigenvalue weighted by atomic mass is 35.5. The molecule has 1 amide bonds. The predicted octanol–water partition coefficient (Wildman–Crippen LogP) is 5.72. The number of amides is 1. The number of carbonyl (C=O) groups is 2. The summed E-state index contributed by atoms with van der Waals surface area (Å²) >= 11 is 19.4. The van der Waals surface area contributed by atoms with Crippen LogP contribution in [0.4, 0.5) is 5.69 Å². The number of hydrogen-bond donors (Lipinski definition) is 1. The van der Waals surface area contributed by atoms with Crippen molar-refractivity contribution < 1.29 is 14.7 Å². The standard InChI is InChI=1S/C21H14Cl3NO3S/c22-13-5-6-16-14(9-13)21(28,10-17(26)18-7-8-19(24)29-18)20(27)25(16)11-12-3-1-2-4-15(12)23/h1-9,28H,10-11H2/t21-/m0/s1. The SMILES string of the molecule is O=C(C[C@@]1(O)C(=O)N(Cc2ccccc2Cl)c2ccc(Cl)cc21)c1ccc(Cl)s1. The Balaban J connectivity index is 1.73. The second kappa shape index (κ2) is 7.74. The predicted molar refractivity (Wildman–Crippen MR) is 116 cm³/mol. The summed E-state index contributed by atoms with van der Waals surface area (Å²) in [6.07, 6.45) is -0.408. The minimum absolute atomic E-state index is 0.161. The molecular weight excluding hydrogens is 453 g/mol. The topological polar surface area (TPSA) is 57.6 Å². The number of anilines is 1. The fraction of sp³-hybridized carbons (Fsp3) is 0.143. The van der Waals surface area contributed by atoms with Crippen molar-refractivity contribution in [1.82, 2.24) is 0 Å². The molecule has 0 spiro atoms. The van der Waals surface area contributed by atoms with E-state index in [9.17, 15) is 14.7 Å². The van der Waals surface area contributed by atoms with Gasteiger partial charge in [-0.1, -0.05) is 53.0 Å². The molecule has 4 nitrogen and oxygen atoms in total. The Bertz CT molecular complexity index is 1130. The van der Waals surface area contributed by atoms with Crippen LogP contribution in [0.1, 0.15) is 27.2 Å². The van der Waals surface area contributed by atoms with Gasteiger partial charge in [-0.3, -0.25) is 9.59 Å². The van der Waals surface area contributed by atoms with Crippen LogP contribution in [0.25, 0.3) is 0 Å². The number of ketones is 1. The van der Waals surface area contributed by atoms with Crippen LogP contribution in [0.3, 0.4) is 0 Å². The molecule has 1 atom stereocenters. The number of aliphatic hydroxyl groups is 1. The zero-order valence-corrected chi connectivity index (χ0v) is 17.9. The van der Waals surface area contributed by atoms with E-state index in [1.54, 1.807) is 42.5 Å². The second-order valence-corrected chi connectivity index (χ2v) is 9.27. The normalized spacial score (nSPS) is 18.2. The summed E-state index contributed by atoms with van der Waals surface area (Å²) in [5, 5.41) is 12.2. The van der Waals surface area contributed by atoms with Crippen LogP contribution in [-0.2, 0) is 16.9 Å². The molecule has 1 aliphatic rings. The van der Waals surface area contributed by atoms with E-state index in [4.69, 9.17) is 34.8 Å². The van der Waals surface area contributed by atoms with Gasteiger partial charge < -0.3 is 10.0 Å². The van der Waals surface area contributed by atoms with E-state index in [0.717, 1.165) is 16.9 Å². The highest BCUT2D eigenvalue weighted by Crippen LogP contribution is 2.45. The van der Waals surface area contributed by atoms with Crippen LogP contribution in [0.5, 0.6) is 0 Å². The van der Waals surface area contributed by atoms with E-state index in [2.05, 4.69) is 0 Å². The van der Waals surface area contributed by atoms with Crippen molar-refractivity contribution >= 4 is 63.5 Å². The third kappa shape index (κ3) is 3.69. The summed E-state index contributed by atoms with van der Waals surface area (Å²) in [6.45, 7) is 0.161. The Morgan fingerprint density at radius 1 is 1.07 bits per heavy atom. The van der Waals surface area contributed by atoms with Gasteiger partial charge in [0.1, 0.15) is 0 Å². The number of benzene rings is 2. The molecule has 29 heavy (non-hydrogen) atoms. The van der Waals surface area contributed by atoms with Crippen LogP contribution in [0.15, 0.2) is 54.6 Å². The van der Waals surface area contributed by atoms with Gasteiger partial charge in [-0.2, -0.15) is 0 Å². The average molecular weight is 467 g/mol. The fourth-order valence-corrected chi connectivity index (χ4v) is 4.78. The first kappa shape index (κ1) is 20.4. The van der Waals surface area contributed by atoms with Crippen molar-refractivity contribution in [3.8, 4) is 0 Å². The number of thiophene rings is 1. The van der Waals surface area contributed by atoms with Crippen molar-refractivity contribution in [3.05, 3.63) is 85.0 Å². The van der Waals surface area contributed by atoms with Gasteiger partial charge in [0.05, 0.1) is 27.9 Å². The number of fused-ring (bicyclic) bond motifs is 1. The summed E-state index contributed by atoms with van der Waals surface area (Å²) in [6, 6.07) is 15.2. The quantitative estimate of drug-likeness (QED) is 0.490. The van der Waals surface area contributed by atoms with E-state index >= 15 is 0 Å². The molecule has 0 radical (unpaired) electrons. The van der Waals surface area contributed by atoms with Gasteiger partial charge in [-0.25, -0.2) is 0 Å². The highest BCUT2D eigenvalue weighted by Gasteiger charge is 2.51. The van der Waals surface area contributed by atoms with Crippen molar-refractivity contribution in [1.29, 1.82) is 0 Å². The molecule has 1 aromatic heterocycles. The van der Waals surface area contributed by atoms with Gasteiger partial charge in [0.15, 0.2) is 11.4 Å². The summed E-state index contributed by atoms with van der Waals surface area (Å²) in [7, 11) is 0. The van der Waals surface area contributed by atoms with Crippen LogP contribution in [0.2, 0.25) is 14.4 Å². The number of rotatable bonds is 5. The number of Topliss-reactive ketones (excluding diaryl/α,β-unsaturated/α-hetero) is 1. The van der Waals surface area contributed by atoms with E-state index in [-0.39, 0.29) is 12.3 Å². The number of halogens is 3. The molecule has 3 aromatic rings. The average Bonchev–Trinajstić information content (AvgIpc) is 3.20. The summed E-state index contributed by atoms with van der Waals surface area (Å²) in [5.74, 6) is -0.964. The maximum absolute atomic E-state index is 13.3. The molecule has 0 aliphatic carbocycles. The molecule has 0 unspecified atom stereocenters. The summed E-state index contributed by atoms with van der Waals surface area (Å²) < 4.78 is 0.460. The summed E-state index contributed by atoms with van der Waals surface area (Å²) in [5.41, 5.74) is -0.490. The minimum atomic E-state index is -2.02. The van der Waals surface area contributed by atoms with Crippen LogP contribution in [-0.4, -0.2) is 16.8 Å². The van der Waals surface area contributed by atoms with Crippen LogP contribution in [0, 0.1) is 0 Å². The molecule has 4 rings (SSSR count). The lowest BCUT2D eigenvalue weighted by atomic mass is 9.89. The second-order valence-electron chi connectivity index (χ2n) is 6.71. The lowest BCUT2D eigenvalue weighted by Crippen LogP contribution is -2.41. The maximum Gasteiger partial charge on any atom is 0.264 e. The van der Waals surface area contributed by atoms with E-state index in [1.165, 1.54) is 11.0 Å². The Kier molecular flexibility index (Phi) is 5.44. The first-order valence-corrected chi connectivity index (χ1v) is 10.6. The smallest absolute Gasteiger partial charge is 0.264 e. The summed E-state index contributed by atoms with van der Waals surface area (Å²) in [4.78, 5) is 27.9. The Morgan fingerprint density at radius 3 is 2.52 bits per heavy atom. The molecule has 8 heteroatoms. The van der Waals surface area contributed by atoms with E-state index in [1.807, 2.05) is 6.07 Å². The molecule has 2 aromatic carbocycles. The molecular formula is C21H14Cl3NO3S. The largest absolute Gasteiger partial charge is 0.375 e. The lowest BCUT2D eigenvalue weighted by Gasteiger charge is -2.23. The van der Waals surface area contributed by atoms with Gasteiger partial charge in [-0.05, 0) is 42.0 Å². The number of nitrogens with zero attached hydrogens (tertiary/aromatic N) is 1. The first-order valence-electron chi connectivity index (χ1n) is 8.66. The Hall–Kier alpha value is -1.89. The first-order chi connectivity index (χ1) is 13.8. The zero-order valence-electron chi connectivity index (χ0n) is 14.9. The molecule has 1 N–H and O–H groups in total. The molecule has 0 saturated carbocycles. The molecule has 1 aliphatic heterocycles. The zero-order chi connectivity index (χ0) is 20.8. The van der Waals surface area contributed by atoms with Crippen molar-refractivity contribution in [2.24, 2.45) is 0 Å². The van der Waals surface area contributed by atoms with E-state index < -0.39 is 17.9 Å². The lowest BCUT2D eigenvalue weighted by molar-refractivity contribution is -0.136. The highest BCUT2D eigenvalue weighted by molar-refractivity contribution is 7.18. The van der Waals surface area contributed by atoms with Gasteiger partial charge in [0.25, 0.3) is 5.91 Å². The van der Waals surface area contributed by atoms with Crippen LogP contribution >= 0.6 is 46.1 Å². The number of carbonyl (C=O) groups excluding carboxylic acids is 2. The minimum Gasteiger partial charge on any atom is -0.375 e. The Morgan fingerprint density at radius 2 is 1.83 bits per heavy atom. The molecule has 148 valence electrons. The van der Waals surface area contributed by atoms with Crippen molar-refractivity contribution in [2.75, 3.05) is 4.90 Å². The molecule has 0 saturated heterocycles. The van der Waals surface area contributed by atoms with Gasteiger partial charge in [0, 0.05) is 15.6 Å². The van der Waals surface area contributed by atoms with Crippen molar-refractivity contribution in [2.45, 2.75) is 18.6 Å². The Labute approximate surface area is 186 Å². The fourth-order valence-electron chi connectivity index (χ4n) is 3.43. The van der Waals surface area contributed by atoms with Crippen molar-refractivity contribution in [3.63, 3.8) is 0 Å². The van der Waals surface area contributed by atoms with Crippen LogP contribution < -0.4 is 4.90 Å². The number of hydrogen-bond acceptors (Lipinski definition) is 4. The van der Waals surface area contributed by atoms with Gasteiger partial charge in [-0.15, -0.1) is 11.3 Å². The van der Waals surface area contributed by atoms with Gasteiger partial charge >= 0.3 is 0 Å². The monoisotopic (exact) mass is 465 g/mol. The molecule has 2 heterocycles. The molecule has 0 fully saturated rings. The maximum atomic E-state index is 13.3. The third-order valence-electron chi connectivity index (χ3n) is 4.84. The van der Waals surface area contributed by atoms with Gasteiger partial charge in [0.2, 0.25) is 0 Å². The third-order valence-corrected chi connectivity index (χ3v) is 6.72. The molecule has 0 bridgehead atoms. The van der Waals surface area contributed by atoms with E-state index in [0.29, 0.717) is 30.5 Å².